The van der Waals surface area contributed by atoms with E-state index in [0.717, 1.165) is 34.6 Å². The quantitative estimate of drug-likeness (QED) is 0.476. The van der Waals surface area contributed by atoms with Gasteiger partial charge in [0.05, 0.1) is 30.7 Å². The third kappa shape index (κ3) is 4.99. The molecule has 0 spiro atoms. The molecule has 2 unspecified atom stereocenters. The number of carboxylic acid groups (broad SMARTS) is 1. The Morgan fingerprint density at radius 1 is 1.18 bits per heavy atom. The Kier molecular flexibility index (Phi) is 6.90. The lowest BCUT2D eigenvalue weighted by Gasteiger charge is -2.34. The Bertz CT molecular complexity index is 1150. The number of ether oxygens (including phenoxy) is 2. The molecule has 8 nitrogen and oxygen atoms in total. The fourth-order valence-electron chi connectivity index (χ4n) is 4.14. The van der Waals surface area contributed by atoms with Crippen molar-refractivity contribution in [2.45, 2.75) is 25.3 Å². The molecule has 1 heterocycles. The summed E-state index contributed by atoms with van der Waals surface area (Å²) >= 11 is -2.29. The number of benzene rings is 2. The van der Waals surface area contributed by atoms with Gasteiger partial charge in [-0.1, -0.05) is 12.1 Å². The molecule has 9 heteroatoms. The van der Waals surface area contributed by atoms with Crippen LogP contribution in [-0.2, 0) is 22.5 Å². The number of aromatic nitrogens is 1. The van der Waals surface area contributed by atoms with Gasteiger partial charge in [-0.15, -0.1) is 0 Å². The van der Waals surface area contributed by atoms with Crippen molar-refractivity contribution in [2.75, 3.05) is 18.0 Å². The van der Waals surface area contributed by atoms with E-state index in [1.807, 2.05) is 36.4 Å². The second-order valence-corrected chi connectivity index (χ2v) is 8.46. The zero-order valence-electron chi connectivity index (χ0n) is 18.0. The fraction of sp³-hybridized carbons (Fsp3) is 0.250. The summed E-state index contributed by atoms with van der Waals surface area (Å²) in [4.78, 5) is 15.4. The first-order valence-electron chi connectivity index (χ1n) is 10.4. The van der Waals surface area contributed by atoms with E-state index < -0.39 is 23.8 Å². The third-order valence-corrected chi connectivity index (χ3v) is 6.43. The average Bonchev–Trinajstić information content (AvgIpc) is 2.83. The van der Waals surface area contributed by atoms with Gasteiger partial charge in [-0.05, 0) is 72.9 Å². The van der Waals surface area contributed by atoms with Crippen LogP contribution in [0.25, 0.3) is 11.3 Å². The van der Waals surface area contributed by atoms with Gasteiger partial charge in [-0.3, -0.25) is 13.8 Å². The van der Waals surface area contributed by atoms with Gasteiger partial charge >= 0.3 is 5.97 Å². The lowest BCUT2D eigenvalue weighted by molar-refractivity contribution is -0.139. The Hall–Kier alpha value is -3.43. The summed E-state index contributed by atoms with van der Waals surface area (Å²) in [5.41, 5.74) is 3.88. The minimum Gasteiger partial charge on any atom is -0.497 e. The Morgan fingerprint density at radius 3 is 2.61 bits per heavy atom. The molecule has 1 aliphatic rings. The summed E-state index contributed by atoms with van der Waals surface area (Å²) in [6.45, 7) is -0.437. The van der Waals surface area contributed by atoms with E-state index in [-0.39, 0.29) is 6.04 Å². The van der Waals surface area contributed by atoms with Crippen LogP contribution >= 0.6 is 0 Å². The molecule has 1 aromatic heterocycles. The van der Waals surface area contributed by atoms with Crippen molar-refractivity contribution in [1.82, 2.24) is 4.98 Å². The molecule has 0 saturated carbocycles. The van der Waals surface area contributed by atoms with E-state index in [1.54, 1.807) is 31.5 Å². The molecule has 2 atom stereocenters. The van der Waals surface area contributed by atoms with Crippen LogP contribution in [0.2, 0.25) is 0 Å². The number of hydrogen-bond donors (Lipinski definition) is 2. The highest BCUT2D eigenvalue weighted by atomic mass is 32.2. The Labute approximate surface area is 194 Å². The molecule has 3 aromatic rings. The minimum atomic E-state index is -2.29. The number of anilines is 1. The SMILES string of the molecule is COc1ccc(-c2ccc(N(C3CCCc4c(OCC(=O)O)cccc43)S(=O)O)cn2)cc1. The van der Waals surface area contributed by atoms with E-state index in [9.17, 15) is 13.6 Å². The number of rotatable bonds is 8. The molecular formula is C24H24N2O6S. The summed E-state index contributed by atoms with van der Waals surface area (Å²) in [6.07, 6.45) is 3.74. The Balaban J connectivity index is 1.64. The van der Waals surface area contributed by atoms with Crippen molar-refractivity contribution in [1.29, 1.82) is 0 Å². The maximum absolute atomic E-state index is 12.4. The zero-order valence-corrected chi connectivity index (χ0v) is 18.8. The van der Waals surface area contributed by atoms with Gasteiger partial charge in [-0.2, -0.15) is 0 Å². The number of carbonyl (C=O) groups is 1. The van der Waals surface area contributed by atoms with E-state index in [0.29, 0.717) is 24.3 Å². The van der Waals surface area contributed by atoms with Crippen molar-refractivity contribution < 1.29 is 28.1 Å². The summed E-state index contributed by atoms with van der Waals surface area (Å²) in [7, 11) is 1.61. The predicted molar refractivity (Wildman–Crippen MR) is 125 cm³/mol. The molecule has 0 fully saturated rings. The smallest absolute Gasteiger partial charge is 0.341 e. The molecule has 2 aromatic carbocycles. The first-order chi connectivity index (χ1) is 16.0. The topological polar surface area (TPSA) is 109 Å². The number of fused-ring (bicyclic) bond motifs is 1. The Morgan fingerprint density at radius 2 is 1.97 bits per heavy atom. The van der Waals surface area contributed by atoms with E-state index in [1.165, 1.54) is 4.31 Å². The van der Waals surface area contributed by atoms with Gasteiger partial charge in [-0.25, -0.2) is 9.00 Å². The number of nitrogens with zero attached hydrogens (tertiary/aromatic N) is 2. The number of carboxylic acids is 1. The van der Waals surface area contributed by atoms with E-state index >= 15 is 0 Å². The van der Waals surface area contributed by atoms with Crippen LogP contribution in [-0.4, -0.2) is 38.5 Å². The number of hydrogen-bond acceptors (Lipinski definition) is 5. The second kappa shape index (κ2) is 10.0. The van der Waals surface area contributed by atoms with Crippen molar-refractivity contribution >= 4 is 22.9 Å². The largest absolute Gasteiger partial charge is 0.497 e. The molecule has 0 saturated heterocycles. The molecule has 0 radical (unpaired) electrons. The predicted octanol–water partition coefficient (Wildman–Crippen LogP) is 4.24. The van der Waals surface area contributed by atoms with Gasteiger partial charge in [0.25, 0.3) is 11.3 Å². The summed E-state index contributed by atoms with van der Waals surface area (Å²) < 4.78 is 34.7. The second-order valence-electron chi connectivity index (χ2n) is 7.60. The maximum Gasteiger partial charge on any atom is 0.341 e. The highest BCUT2D eigenvalue weighted by Crippen LogP contribution is 2.41. The highest BCUT2D eigenvalue weighted by Gasteiger charge is 2.31. The molecule has 33 heavy (non-hydrogen) atoms. The summed E-state index contributed by atoms with van der Waals surface area (Å²) in [6, 6.07) is 16.1. The first-order valence-corrected chi connectivity index (χ1v) is 11.5. The first kappa shape index (κ1) is 22.8. The van der Waals surface area contributed by atoms with Gasteiger partial charge in [0.2, 0.25) is 0 Å². The average molecular weight is 469 g/mol. The van der Waals surface area contributed by atoms with Crippen molar-refractivity contribution in [3.05, 3.63) is 71.9 Å². The molecule has 0 aliphatic heterocycles. The van der Waals surface area contributed by atoms with Crippen LogP contribution in [0.3, 0.4) is 0 Å². The maximum atomic E-state index is 12.4. The van der Waals surface area contributed by atoms with Crippen LogP contribution in [0, 0.1) is 0 Å². The third-order valence-electron chi connectivity index (χ3n) is 5.62. The summed E-state index contributed by atoms with van der Waals surface area (Å²) in [5.74, 6) is 0.192. The zero-order chi connectivity index (χ0) is 23.4. The lowest BCUT2D eigenvalue weighted by Crippen LogP contribution is -2.33. The molecule has 0 amide bonds. The number of aliphatic carboxylic acids is 1. The normalized spacial score (nSPS) is 15.9. The van der Waals surface area contributed by atoms with Crippen molar-refractivity contribution in [2.24, 2.45) is 0 Å². The molecule has 2 N–H and O–H groups in total. The van der Waals surface area contributed by atoms with Crippen LogP contribution < -0.4 is 13.8 Å². The molecule has 0 bridgehead atoms. The van der Waals surface area contributed by atoms with E-state index in [4.69, 9.17) is 14.6 Å². The fourth-order valence-corrected chi connectivity index (χ4v) is 4.86. The van der Waals surface area contributed by atoms with Gasteiger partial charge in [0, 0.05) is 5.56 Å². The van der Waals surface area contributed by atoms with Crippen LogP contribution in [0.1, 0.15) is 30.0 Å². The monoisotopic (exact) mass is 468 g/mol. The minimum absolute atomic E-state index is 0.374. The summed E-state index contributed by atoms with van der Waals surface area (Å²) in [5, 5.41) is 8.95. The van der Waals surface area contributed by atoms with Crippen molar-refractivity contribution in [3.63, 3.8) is 0 Å². The van der Waals surface area contributed by atoms with E-state index in [2.05, 4.69) is 4.98 Å². The van der Waals surface area contributed by atoms with Gasteiger partial charge in [0.15, 0.2) is 6.61 Å². The molecule has 1 aliphatic carbocycles. The number of methoxy groups -OCH3 is 1. The van der Waals surface area contributed by atoms with Crippen LogP contribution in [0.4, 0.5) is 5.69 Å². The lowest BCUT2D eigenvalue weighted by atomic mass is 9.87. The molecule has 172 valence electrons. The van der Waals surface area contributed by atoms with Gasteiger partial charge < -0.3 is 14.6 Å². The van der Waals surface area contributed by atoms with Crippen LogP contribution in [0.15, 0.2) is 60.8 Å². The highest BCUT2D eigenvalue weighted by molar-refractivity contribution is 7.80. The van der Waals surface area contributed by atoms with Crippen molar-refractivity contribution in [3.8, 4) is 22.8 Å². The molecule has 4 rings (SSSR count). The standard InChI is InChI=1S/C24H24N2O6S/c1-31-18-11-8-16(9-12-18)21-13-10-17(14-25-21)26(33(29)30)22-6-2-5-20-19(22)4-3-7-23(20)32-15-24(27)28/h3-4,7-14,22H,2,5-6,15H2,1H3,(H,27,28)(H,29,30). The van der Waals surface area contributed by atoms with Gasteiger partial charge in [0.1, 0.15) is 11.5 Å². The number of pyridine rings is 1. The molecular weight excluding hydrogens is 444 g/mol. The van der Waals surface area contributed by atoms with Crippen LogP contribution in [0.5, 0.6) is 11.5 Å².